The van der Waals surface area contributed by atoms with Crippen molar-refractivity contribution in [2.75, 3.05) is 6.61 Å². The van der Waals surface area contributed by atoms with Crippen LogP contribution in [0.15, 0.2) is 22.8 Å². The summed E-state index contributed by atoms with van der Waals surface area (Å²) in [5, 5.41) is 8.68. The van der Waals surface area contributed by atoms with Gasteiger partial charge >= 0.3 is 0 Å². The molecule has 3 nitrogen and oxygen atoms in total. The molecule has 1 rings (SSSR count). The summed E-state index contributed by atoms with van der Waals surface area (Å²) in [6, 6.07) is 3.26. The van der Waals surface area contributed by atoms with Crippen LogP contribution in [0.5, 0.6) is 0 Å². The molecule has 0 radical (unpaired) electrons. The second-order valence-electron chi connectivity index (χ2n) is 2.19. The number of hydrogen-bond donors (Lipinski definition) is 2. The van der Waals surface area contributed by atoms with Crippen LogP contribution in [0.4, 0.5) is 0 Å². The van der Waals surface area contributed by atoms with Gasteiger partial charge < -0.3 is 10.8 Å². The van der Waals surface area contributed by atoms with Gasteiger partial charge in [0.2, 0.25) is 0 Å². The Morgan fingerprint density at radius 2 is 2.25 bits per heavy atom. The Balaban J connectivity index is 0.00000121. The monoisotopic (exact) mass is 252 g/mol. The van der Waals surface area contributed by atoms with E-state index in [4.69, 9.17) is 10.8 Å². The molecule has 0 fully saturated rings. The number of aromatic nitrogens is 1. The molecule has 0 aromatic carbocycles. The molecule has 0 aliphatic heterocycles. The Kier molecular flexibility index (Phi) is 5.41. The van der Waals surface area contributed by atoms with Crippen LogP contribution in [0.25, 0.3) is 0 Å². The molecular formula is C7H10BrClN2O. The summed E-state index contributed by atoms with van der Waals surface area (Å²) >= 11 is 3.25. The number of hydrogen-bond acceptors (Lipinski definition) is 3. The average molecular weight is 254 g/mol. The summed E-state index contributed by atoms with van der Waals surface area (Å²) in [6.07, 6.45) is 1.66. The van der Waals surface area contributed by atoms with Gasteiger partial charge in [-0.3, -0.25) is 4.98 Å². The van der Waals surface area contributed by atoms with E-state index in [-0.39, 0.29) is 25.1 Å². The van der Waals surface area contributed by atoms with E-state index in [9.17, 15) is 0 Å². The van der Waals surface area contributed by atoms with Crippen molar-refractivity contribution in [3.05, 3.63) is 28.5 Å². The fourth-order valence-corrected chi connectivity index (χ4v) is 0.935. The fourth-order valence-electron chi connectivity index (χ4n) is 0.700. The minimum atomic E-state index is -0.372. The quantitative estimate of drug-likeness (QED) is 0.834. The summed E-state index contributed by atoms with van der Waals surface area (Å²) in [4.78, 5) is 4.02. The van der Waals surface area contributed by atoms with E-state index in [1.165, 1.54) is 0 Å². The Bertz CT molecular complexity index is 229. The van der Waals surface area contributed by atoms with Crippen LogP contribution in [0.2, 0.25) is 0 Å². The zero-order chi connectivity index (χ0) is 8.27. The van der Waals surface area contributed by atoms with Crippen molar-refractivity contribution in [3.8, 4) is 0 Å². The molecule has 1 heterocycles. The van der Waals surface area contributed by atoms with Crippen molar-refractivity contribution < 1.29 is 5.11 Å². The molecule has 0 spiro atoms. The first-order chi connectivity index (χ1) is 5.24. The van der Waals surface area contributed by atoms with Crippen molar-refractivity contribution in [1.29, 1.82) is 0 Å². The van der Waals surface area contributed by atoms with Crippen LogP contribution in [0.1, 0.15) is 11.7 Å². The van der Waals surface area contributed by atoms with Crippen molar-refractivity contribution in [1.82, 2.24) is 4.98 Å². The maximum Gasteiger partial charge on any atom is 0.0704 e. The standard InChI is InChI=1S/C7H9BrN2O.ClH/c8-5-1-2-7(10-3-5)6(9)4-11;/h1-3,6,11H,4,9H2;1H. The molecule has 1 unspecified atom stereocenters. The summed E-state index contributed by atoms with van der Waals surface area (Å²) in [6.45, 7) is -0.0748. The second-order valence-corrected chi connectivity index (χ2v) is 3.11. The highest BCUT2D eigenvalue weighted by atomic mass is 79.9. The summed E-state index contributed by atoms with van der Waals surface area (Å²) in [7, 11) is 0. The highest BCUT2D eigenvalue weighted by Gasteiger charge is 2.03. The molecule has 0 saturated carbocycles. The Morgan fingerprint density at radius 1 is 1.58 bits per heavy atom. The molecule has 0 aliphatic rings. The largest absolute Gasteiger partial charge is 0.394 e. The van der Waals surface area contributed by atoms with Gasteiger partial charge in [0.15, 0.2) is 0 Å². The highest BCUT2D eigenvalue weighted by Crippen LogP contribution is 2.11. The maximum atomic E-state index is 8.68. The third-order valence-electron chi connectivity index (χ3n) is 1.33. The fraction of sp³-hybridized carbons (Fsp3) is 0.286. The lowest BCUT2D eigenvalue weighted by Crippen LogP contribution is -2.15. The smallest absolute Gasteiger partial charge is 0.0704 e. The van der Waals surface area contributed by atoms with Crippen LogP contribution in [-0.4, -0.2) is 16.7 Å². The predicted molar refractivity (Wildman–Crippen MR) is 53.2 cm³/mol. The van der Waals surface area contributed by atoms with Crippen molar-refractivity contribution in [3.63, 3.8) is 0 Å². The van der Waals surface area contributed by atoms with E-state index in [1.54, 1.807) is 12.3 Å². The van der Waals surface area contributed by atoms with Crippen LogP contribution >= 0.6 is 28.3 Å². The Labute approximate surface area is 85.5 Å². The number of rotatable bonds is 2. The van der Waals surface area contributed by atoms with Crippen molar-refractivity contribution >= 4 is 28.3 Å². The molecule has 3 N–H and O–H groups in total. The molecule has 0 aliphatic carbocycles. The molecule has 5 heteroatoms. The number of aliphatic hydroxyl groups excluding tert-OH is 1. The first-order valence-electron chi connectivity index (χ1n) is 3.22. The van der Waals surface area contributed by atoms with Gasteiger partial charge in [0.1, 0.15) is 0 Å². The lowest BCUT2D eigenvalue weighted by molar-refractivity contribution is 0.266. The number of nitrogens with two attached hydrogens (primary N) is 1. The highest BCUT2D eigenvalue weighted by molar-refractivity contribution is 9.10. The van der Waals surface area contributed by atoms with E-state index in [1.807, 2.05) is 6.07 Å². The first-order valence-corrected chi connectivity index (χ1v) is 4.01. The molecule has 0 saturated heterocycles. The topological polar surface area (TPSA) is 59.1 Å². The number of nitrogens with zero attached hydrogens (tertiary/aromatic N) is 1. The number of aliphatic hydroxyl groups is 1. The zero-order valence-electron chi connectivity index (χ0n) is 6.27. The van der Waals surface area contributed by atoms with Gasteiger partial charge in [0, 0.05) is 10.7 Å². The van der Waals surface area contributed by atoms with Crippen molar-refractivity contribution in [2.24, 2.45) is 5.73 Å². The second kappa shape index (κ2) is 5.48. The number of pyridine rings is 1. The molecule has 0 bridgehead atoms. The van der Waals surface area contributed by atoms with Crippen LogP contribution in [0, 0.1) is 0 Å². The van der Waals surface area contributed by atoms with E-state index < -0.39 is 0 Å². The van der Waals surface area contributed by atoms with Crippen LogP contribution < -0.4 is 5.73 Å². The van der Waals surface area contributed by atoms with Gasteiger partial charge in [0.25, 0.3) is 0 Å². The molecule has 1 aromatic heterocycles. The molecule has 12 heavy (non-hydrogen) atoms. The average Bonchev–Trinajstić information content (AvgIpc) is 2.05. The van der Waals surface area contributed by atoms with Crippen LogP contribution in [0.3, 0.4) is 0 Å². The summed E-state index contributed by atoms with van der Waals surface area (Å²) in [5.41, 5.74) is 6.22. The van der Waals surface area contributed by atoms with E-state index >= 15 is 0 Å². The van der Waals surface area contributed by atoms with Gasteiger partial charge in [-0.2, -0.15) is 0 Å². The lowest BCUT2D eigenvalue weighted by atomic mass is 10.2. The lowest BCUT2D eigenvalue weighted by Gasteiger charge is -2.05. The molecule has 68 valence electrons. The first kappa shape index (κ1) is 11.8. The van der Waals surface area contributed by atoms with E-state index in [0.717, 1.165) is 4.47 Å². The normalized spacial score (nSPS) is 11.9. The van der Waals surface area contributed by atoms with Gasteiger partial charge in [-0.1, -0.05) is 0 Å². The molecular weight excluding hydrogens is 243 g/mol. The Hall–Kier alpha value is -0.160. The van der Waals surface area contributed by atoms with Gasteiger partial charge in [-0.05, 0) is 28.1 Å². The Morgan fingerprint density at radius 3 is 2.67 bits per heavy atom. The van der Waals surface area contributed by atoms with E-state index in [2.05, 4.69) is 20.9 Å². The van der Waals surface area contributed by atoms with Crippen molar-refractivity contribution in [2.45, 2.75) is 6.04 Å². The SMILES string of the molecule is Cl.NC(CO)c1ccc(Br)cn1. The molecule has 1 atom stereocenters. The maximum absolute atomic E-state index is 8.68. The van der Waals surface area contributed by atoms with Gasteiger partial charge in [0.05, 0.1) is 18.3 Å². The minimum Gasteiger partial charge on any atom is -0.394 e. The zero-order valence-corrected chi connectivity index (χ0v) is 8.68. The molecule has 0 amide bonds. The van der Waals surface area contributed by atoms with Gasteiger partial charge in [-0.15, -0.1) is 12.4 Å². The third kappa shape index (κ3) is 3.06. The molecule has 1 aromatic rings. The van der Waals surface area contributed by atoms with E-state index in [0.29, 0.717) is 5.69 Å². The van der Waals surface area contributed by atoms with Gasteiger partial charge in [-0.25, -0.2) is 0 Å². The summed E-state index contributed by atoms with van der Waals surface area (Å²) < 4.78 is 0.909. The predicted octanol–water partition coefficient (Wildman–Crippen LogP) is 1.26. The number of halogens is 2. The minimum absolute atomic E-state index is 0. The summed E-state index contributed by atoms with van der Waals surface area (Å²) in [5.74, 6) is 0. The third-order valence-corrected chi connectivity index (χ3v) is 1.80. The van der Waals surface area contributed by atoms with Crippen LogP contribution in [-0.2, 0) is 0 Å².